The van der Waals surface area contributed by atoms with Crippen molar-refractivity contribution in [2.24, 2.45) is 0 Å². The van der Waals surface area contributed by atoms with Crippen LogP contribution in [0, 0.1) is 0 Å². The van der Waals surface area contributed by atoms with Crippen LogP contribution in [0.2, 0.25) is 0 Å². The zero-order valence-corrected chi connectivity index (χ0v) is 13.1. The molecule has 1 aromatic rings. The normalized spacial score (nSPS) is 14.2. The average molecular weight is 282 g/mol. The van der Waals surface area contributed by atoms with Gasteiger partial charge in [-0.2, -0.15) is 0 Å². The second kappa shape index (κ2) is 7.47. The van der Waals surface area contributed by atoms with Crippen molar-refractivity contribution >= 4 is 0 Å². The maximum atomic E-state index is 9.82. The summed E-state index contributed by atoms with van der Waals surface area (Å²) in [5.41, 5.74) is 0.316. The summed E-state index contributed by atoms with van der Waals surface area (Å²) in [7, 11) is 7.29. The Morgan fingerprint density at radius 3 is 2.45 bits per heavy atom. The Morgan fingerprint density at radius 1 is 1.25 bits per heavy atom. The molecular weight excluding hydrogens is 256 g/mol. The second-order valence-electron chi connectivity index (χ2n) is 5.29. The molecular formula is C15H26N2O3. The lowest BCUT2D eigenvalue weighted by Crippen LogP contribution is -2.45. The van der Waals surface area contributed by atoms with Crippen molar-refractivity contribution in [3.8, 4) is 11.5 Å². The first-order valence-electron chi connectivity index (χ1n) is 6.70. The molecule has 0 spiro atoms. The summed E-state index contributed by atoms with van der Waals surface area (Å²) in [5, 5.41) is 13.2. The molecule has 0 aliphatic heterocycles. The first-order chi connectivity index (χ1) is 9.46. The molecule has 0 aromatic heterocycles. The summed E-state index contributed by atoms with van der Waals surface area (Å²) < 4.78 is 10.7. The van der Waals surface area contributed by atoms with Crippen LogP contribution in [0.5, 0.6) is 11.5 Å². The van der Waals surface area contributed by atoms with Crippen molar-refractivity contribution in [2.75, 3.05) is 48.0 Å². The summed E-state index contributed by atoms with van der Waals surface area (Å²) in [6, 6.07) is 5.60. The number of hydrogen-bond acceptors (Lipinski definition) is 5. The van der Waals surface area contributed by atoms with Gasteiger partial charge in [-0.25, -0.2) is 0 Å². The highest BCUT2D eigenvalue weighted by atomic mass is 16.5. The standard InChI is InChI=1S/C15H26N2O3/c1-15(11-18,16-8-9-17(2)3)13-10-12(19-4)6-7-14(13)20-5/h6-7,10,16,18H,8-9,11H2,1-5H3. The molecule has 0 radical (unpaired) electrons. The molecule has 1 aromatic carbocycles. The average Bonchev–Trinajstić information content (AvgIpc) is 2.45. The van der Waals surface area contributed by atoms with E-state index in [2.05, 4.69) is 10.2 Å². The third kappa shape index (κ3) is 4.10. The van der Waals surface area contributed by atoms with Gasteiger partial charge in [0.25, 0.3) is 0 Å². The maximum absolute atomic E-state index is 9.82. The van der Waals surface area contributed by atoms with Gasteiger partial charge in [0.2, 0.25) is 0 Å². The fraction of sp³-hybridized carbons (Fsp3) is 0.600. The number of nitrogens with one attached hydrogen (secondary N) is 1. The van der Waals surface area contributed by atoms with Crippen molar-refractivity contribution in [2.45, 2.75) is 12.5 Å². The number of likely N-dealkylation sites (N-methyl/N-ethyl adjacent to an activating group) is 1. The molecule has 2 N–H and O–H groups in total. The molecule has 0 fully saturated rings. The van der Waals surface area contributed by atoms with E-state index in [-0.39, 0.29) is 6.61 Å². The quantitative estimate of drug-likeness (QED) is 0.747. The molecule has 5 heteroatoms. The predicted molar refractivity (Wildman–Crippen MR) is 80.5 cm³/mol. The van der Waals surface area contributed by atoms with Gasteiger partial charge in [0.15, 0.2) is 0 Å². The van der Waals surface area contributed by atoms with Crippen LogP contribution in [-0.2, 0) is 5.54 Å². The van der Waals surface area contributed by atoms with E-state index >= 15 is 0 Å². The van der Waals surface area contributed by atoms with Crippen LogP contribution >= 0.6 is 0 Å². The Labute approximate surface area is 121 Å². The van der Waals surface area contributed by atoms with E-state index in [4.69, 9.17) is 9.47 Å². The van der Waals surface area contributed by atoms with Gasteiger partial charge < -0.3 is 24.8 Å². The fourth-order valence-electron chi connectivity index (χ4n) is 2.04. The van der Waals surface area contributed by atoms with Crippen molar-refractivity contribution in [1.82, 2.24) is 10.2 Å². The predicted octanol–water partition coefficient (Wildman–Crippen LogP) is 1.06. The SMILES string of the molecule is COc1ccc(OC)c(C(C)(CO)NCCN(C)C)c1. The van der Waals surface area contributed by atoms with E-state index in [1.54, 1.807) is 14.2 Å². The fourth-order valence-corrected chi connectivity index (χ4v) is 2.04. The van der Waals surface area contributed by atoms with Gasteiger partial charge in [-0.15, -0.1) is 0 Å². The van der Waals surface area contributed by atoms with E-state index in [1.165, 1.54) is 0 Å². The number of hydrogen-bond donors (Lipinski definition) is 2. The van der Waals surface area contributed by atoms with Crippen molar-refractivity contribution < 1.29 is 14.6 Å². The van der Waals surface area contributed by atoms with Gasteiger partial charge in [-0.3, -0.25) is 0 Å². The highest BCUT2D eigenvalue weighted by molar-refractivity contribution is 5.44. The summed E-state index contributed by atoms with van der Waals surface area (Å²) in [6.45, 7) is 3.59. The maximum Gasteiger partial charge on any atom is 0.124 e. The van der Waals surface area contributed by atoms with Crippen LogP contribution in [0.4, 0.5) is 0 Å². The van der Waals surface area contributed by atoms with Gasteiger partial charge in [0.05, 0.1) is 26.4 Å². The Hall–Kier alpha value is -1.30. The highest BCUT2D eigenvalue weighted by Gasteiger charge is 2.29. The number of benzene rings is 1. The first-order valence-corrected chi connectivity index (χ1v) is 6.70. The second-order valence-corrected chi connectivity index (χ2v) is 5.29. The minimum absolute atomic E-state index is 0.0239. The molecule has 114 valence electrons. The summed E-state index contributed by atoms with van der Waals surface area (Å²) in [4.78, 5) is 2.09. The number of nitrogens with zero attached hydrogens (tertiary/aromatic N) is 1. The van der Waals surface area contributed by atoms with E-state index < -0.39 is 5.54 Å². The first kappa shape index (κ1) is 16.8. The number of methoxy groups -OCH3 is 2. The lowest BCUT2D eigenvalue weighted by molar-refractivity contribution is 0.168. The lowest BCUT2D eigenvalue weighted by Gasteiger charge is -2.31. The number of aliphatic hydroxyl groups is 1. The Balaban J connectivity index is 3.01. The van der Waals surface area contributed by atoms with Crippen LogP contribution < -0.4 is 14.8 Å². The molecule has 0 saturated heterocycles. The topological polar surface area (TPSA) is 54.0 Å². The number of rotatable bonds is 8. The minimum Gasteiger partial charge on any atom is -0.497 e. The molecule has 0 aliphatic rings. The van der Waals surface area contributed by atoms with Crippen molar-refractivity contribution in [3.05, 3.63) is 23.8 Å². The summed E-state index contributed by atoms with van der Waals surface area (Å²) in [6.07, 6.45) is 0. The molecule has 20 heavy (non-hydrogen) atoms. The van der Waals surface area contributed by atoms with Crippen molar-refractivity contribution in [1.29, 1.82) is 0 Å². The van der Waals surface area contributed by atoms with Gasteiger partial charge in [-0.1, -0.05) is 0 Å². The molecule has 5 nitrogen and oxygen atoms in total. The van der Waals surface area contributed by atoms with E-state index in [0.29, 0.717) is 0 Å². The molecule has 0 saturated carbocycles. The number of ether oxygens (including phenoxy) is 2. The zero-order chi connectivity index (χ0) is 15.2. The number of aliphatic hydroxyl groups excluding tert-OH is 1. The molecule has 0 amide bonds. The smallest absolute Gasteiger partial charge is 0.124 e. The van der Waals surface area contributed by atoms with Crippen LogP contribution in [0.1, 0.15) is 12.5 Å². The van der Waals surface area contributed by atoms with Crippen molar-refractivity contribution in [3.63, 3.8) is 0 Å². The molecule has 1 unspecified atom stereocenters. The summed E-state index contributed by atoms with van der Waals surface area (Å²) >= 11 is 0. The molecule has 0 bridgehead atoms. The molecule has 0 heterocycles. The Kier molecular flexibility index (Phi) is 6.26. The Bertz CT molecular complexity index is 424. The van der Waals surface area contributed by atoms with Gasteiger partial charge in [0.1, 0.15) is 11.5 Å². The minimum atomic E-state index is -0.574. The van der Waals surface area contributed by atoms with Crippen LogP contribution in [0.3, 0.4) is 0 Å². The van der Waals surface area contributed by atoms with E-state index in [1.807, 2.05) is 39.2 Å². The molecule has 1 atom stereocenters. The third-order valence-corrected chi connectivity index (χ3v) is 3.39. The Morgan fingerprint density at radius 2 is 1.95 bits per heavy atom. The summed E-state index contributed by atoms with van der Waals surface area (Å²) in [5.74, 6) is 1.48. The van der Waals surface area contributed by atoms with Gasteiger partial charge >= 0.3 is 0 Å². The third-order valence-electron chi connectivity index (χ3n) is 3.39. The lowest BCUT2D eigenvalue weighted by atomic mass is 9.91. The van der Waals surface area contributed by atoms with Crippen LogP contribution in [-0.4, -0.2) is 58.0 Å². The molecule has 1 rings (SSSR count). The van der Waals surface area contributed by atoms with Gasteiger partial charge in [0, 0.05) is 18.7 Å². The van der Waals surface area contributed by atoms with Gasteiger partial charge in [-0.05, 0) is 39.2 Å². The zero-order valence-electron chi connectivity index (χ0n) is 13.1. The monoisotopic (exact) mass is 282 g/mol. The molecule has 0 aliphatic carbocycles. The van der Waals surface area contributed by atoms with E-state index in [9.17, 15) is 5.11 Å². The van der Waals surface area contributed by atoms with Crippen LogP contribution in [0.15, 0.2) is 18.2 Å². The van der Waals surface area contributed by atoms with E-state index in [0.717, 1.165) is 30.2 Å². The largest absolute Gasteiger partial charge is 0.497 e. The highest BCUT2D eigenvalue weighted by Crippen LogP contribution is 2.32. The van der Waals surface area contributed by atoms with Crippen LogP contribution in [0.25, 0.3) is 0 Å².